The van der Waals surface area contributed by atoms with E-state index in [1.807, 2.05) is 32.0 Å². The van der Waals surface area contributed by atoms with Crippen molar-refractivity contribution in [2.75, 3.05) is 19.1 Å². The standard InChI is InChI=1S/C28H24N2O5S/c1-15-12-16(2)23-21(13-15)36-28(29-23)30-24(19-14-18(34-3)10-11-20(19)35-4)22(26(32)27(30)33)25(31)17-8-6-5-7-9-17/h5-14,24,31H,1-4H3/b25-22+. The van der Waals surface area contributed by atoms with Crippen LogP contribution in [0.25, 0.3) is 16.0 Å². The Morgan fingerprint density at radius 2 is 1.75 bits per heavy atom. The van der Waals surface area contributed by atoms with Crippen LogP contribution in [0.15, 0.2) is 66.2 Å². The largest absolute Gasteiger partial charge is 0.507 e. The SMILES string of the molecule is COc1ccc(OC)c(C2/C(=C(\O)c3ccccc3)C(=O)C(=O)N2c2nc3c(C)cc(C)cc3s2)c1. The van der Waals surface area contributed by atoms with Crippen molar-refractivity contribution in [3.63, 3.8) is 0 Å². The van der Waals surface area contributed by atoms with Gasteiger partial charge in [-0.3, -0.25) is 14.5 Å². The number of nitrogens with zero attached hydrogens (tertiary/aromatic N) is 2. The third-order valence-electron chi connectivity index (χ3n) is 6.25. The van der Waals surface area contributed by atoms with Crippen LogP contribution in [0.1, 0.15) is 28.3 Å². The number of aliphatic hydroxyl groups excluding tert-OH is 1. The van der Waals surface area contributed by atoms with Crippen LogP contribution in [0.2, 0.25) is 0 Å². The number of benzene rings is 3. The zero-order valence-electron chi connectivity index (χ0n) is 20.2. The lowest BCUT2D eigenvalue weighted by molar-refractivity contribution is -0.132. The first kappa shape index (κ1) is 23.6. The quantitative estimate of drug-likeness (QED) is 0.219. The minimum Gasteiger partial charge on any atom is -0.507 e. The average molecular weight is 501 g/mol. The van der Waals surface area contributed by atoms with Gasteiger partial charge in [-0.2, -0.15) is 0 Å². The number of methoxy groups -OCH3 is 2. The van der Waals surface area contributed by atoms with Gasteiger partial charge in [0.25, 0.3) is 5.78 Å². The van der Waals surface area contributed by atoms with E-state index in [-0.39, 0.29) is 11.3 Å². The normalized spacial score (nSPS) is 17.1. The smallest absolute Gasteiger partial charge is 0.301 e. The average Bonchev–Trinajstić information content (AvgIpc) is 3.42. The lowest BCUT2D eigenvalue weighted by Crippen LogP contribution is -2.29. The number of amides is 1. The molecule has 182 valence electrons. The number of Topliss-reactive ketones (excluding diaryl/α,β-unsaturated/α-hetero) is 1. The Kier molecular flexibility index (Phi) is 5.97. The molecule has 4 aromatic rings. The van der Waals surface area contributed by atoms with E-state index in [1.54, 1.807) is 42.5 Å². The van der Waals surface area contributed by atoms with E-state index >= 15 is 0 Å². The topological polar surface area (TPSA) is 89.0 Å². The van der Waals surface area contributed by atoms with Crippen LogP contribution in [0.5, 0.6) is 11.5 Å². The third-order valence-corrected chi connectivity index (χ3v) is 7.25. The number of carbonyl (C=O) groups is 2. The molecule has 1 atom stereocenters. The zero-order chi connectivity index (χ0) is 25.6. The Morgan fingerprint density at radius 3 is 2.44 bits per heavy atom. The number of aryl methyl sites for hydroxylation is 2. The van der Waals surface area contributed by atoms with Crippen LogP contribution in [0.4, 0.5) is 5.13 Å². The first-order valence-electron chi connectivity index (χ1n) is 11.3. The van der Waals surface area contributed by atoms with Crippen LogP contribution in [-0.4, -0.2) is 36.0 Å². The van der Waals surface area contributed by atoms with Gasteiger partial charge in [-0.05, 0) is 49.2 Å². The maximum Gasteiger partial charge on any atom is 0.301 e. The Balaban J connectivity index is 1.80. The number of aliphatic hydroxyl groups is 1. The molecular formula is C28H24N2O5S. The highest BCUT2D eigenvalue weighted by Crippen LogP contribution is 2.47. The molecular weight excluding hydrogens is 476 g/mol. The molecule has 0 bridgehead atoms. The highest BCUT2D eigenvalue weighted by molar-refractivity contribution is 7.22. The lowest BCUT2D eigenvalue weighted by Gasteiger charge is -2.25. The van der Waals surface area contributed by atoms with Gasteiger partial charge in [0, 0.05) is 11.1 Å². The number of rotatable bonds is 5. The molecule has 1 unspecified atom stereocenters. The molecule has 2 heterocycles. The molecule has 7 nitrogen and oxygen atoms in total. The summed E-state index contributed by atoms with van der Waals surface area (Å²) < 4.78 is 12.0. The van der Waals surface area contributed by atoms with E-state index in [0.29, 0.717) is 27.8 Å². The summed E-state index contributed by atoms with van der Waals surface area (Å²) >= 11 is 1.33. The summed E-state index contributed by atoms with van der Waals surface area (Å²) in [5.41, 5.74) is 3.71. The van der Waals surface area contributed by atoms with Crippen LogP contribution in [0.3, 0.4) is 0 Å². The molecule has 0 spiro atoms. The summed E-state index contributed by atoms with van der Waals surface area (Å²) in [7, 11) is 3.05. The molecule has 0 saturated carbocycles. The Morgan fingerprint density at radius 1 is 1.00 bits per heavy atom. The molecule has 1 amide bonds. The van der Waals surface area contributed by atoms with Crippen molar-refractivity contribution in [2.45, 2.75) is 19.9 Å². The Labute approximate surface area is 212 Å². The zero-order valence-corrected chi connectivity index (χ0v) is 21.1. The van der Waals surface area contributed by atoms with Gasteiger partial charge < -0.3 is 14.6 Å². The van der Waals surface area contributed by atoms with Gasteiger partial charge in [0.1, 0.15) is 23.3 Å². The number of hydrogen-bond donors (Lipinski definition) is 1. The van der Waals surface area contributed by atoms with Crippen molar-refractivity contribution in [2.24, 2.45) is 0 Å². The summed E-state index contributed by atoms with van der Waals surface area (Å²) in [5, 5.41) is 11.7. The molecule has 1 aromatic heterocycles. The van der Waals surface area contributed by atoms with Crippen molar-refractivity contribution < 1.29 is 24.2 Å². The molecule has 1 aliphatic rings. The minimum atomic E-state index is -0.975. The Bertz CT molecular complexity index is 1540. The van der Waals surface area contributed by atoms with Crippen molar-refractivity contribution in [3.8, 4) is 11.5 Å². The van der Waals surface area contributed by atoms with Crippen molar-refractivity contribution in [1.29, 1.82) is 0 Å². The lowest BCUT2D eigenvalue weighted by atomic mass is 9.94. The third kappa shape index (κ3) is 3.79. The summed E-state index contributed by atoms with van der Waals surface area (Å²) in [5.74, 6) is -0.861. The van der Waals surface area contributed by atoms with Gasteiger partial charge in [-0.15, -0.1) is 0 Å². The molecule has 5 rings (SSSR count). The number of ketones is 1. The predicted molar refractivity (Wildman–Crippen MR) is 140 cm³/mol. The fourth-order valence-electron chi connectivity index (χ4n) is 4.59. The highest BCUT2D eigenvalue weighted by atomic mass is 32.1. The maximum atomic E-state index is 13.5. The summed E-state index contributed by atoms with van der Waals surface area (Å²) in [6.45, 7) is 3.96. The molecule has 1 N–H and O–H groups in total. The molecule has 0 aliphatic carbocycles. The first-order valence-corrected chi connectivity index (χ1v) is 12.1. The van der Waals surface area contributed by atoms with Gasteiger partial charge >= 0.3 is 5.91 Å². The summed E-state index contributed by atoms with van der Waals surface area (Å²) in [6, 6.07) is 16.9. The van der Waals surface area contributed by atoms with Gasteiger partial charge in [0.2, 0.25) is 0 Å². The van der Waals surface area contributed by atoms with Crippen molar-refractivity contribution >= 4 is 44.1 Å². The number of anilines is 1. The first-order chi connectivity index (χ1) is 17.3. The van der Waals surface area contributed by atoms with Crippen LogP contribution < -0.4 is 14.4 Å². The van der Waals surface area contributed by atoms with E-state index in [2.05, 4.69) is 0 Å². The Hall–Kier alpha value is -4.17. The predicted octanol–water partition coefficient (Wildman–Crippen LogP) is 5.56. The number of thiazole rings is 1. The molecule has 0 radical (unpaired) electrons. The van der Waals surface area contributed by atoms with Crippen molar-refractivity contribution in [3.05, 3.63) is 88.5 Å². The summed E-state index contributed by atoms with van der Waals surface area (Å²) in [6.07, 6.45) is 0. The molecule has 8 heteroatoms. The number of carbonyl (C=O) groups excluding carboxylic acids is 2. The number of fused-ring (bicyclic) bond motifs is 1. The fourth-order valence-corrected chi connectivity index (χ4v) is 5.76. The number of ether oxygens (including phenoxy) is 2. The molecule has 3 aromatic carbocycles. The number of aromatic nitrogens is 1. The maximum absolute atomic E-state index is 13.5. The van der Waals surface area contributed by atoms with Crippen LogP contribution in [-0.2, 0) is 9.59 Å². The summed E-state index contributed by atoms with van der Waals surface area (Å²) in [4.78, 5) is 33.1. The van der Waals surface area contributed by atoms with E-state index < -0.39 is 17.7 Å². The second-order valence-electron chi connectivity index (χ2n) is 8.57. The molecule has 1 aliphatic heterocycles. The second kappa shape index (κ2) is 9.13. The van der Waals surface area contributed by atoms with E-state index in [4.69, 9.17) is 14.5 Å². The molecule has 1 fully saturated rings. The van der Waals surface area contributed by atoms with Crippen molar-refractivity contribution in [1.82, 2.24) is 4.98 Å². The van der Waals surface area contributed by atoms with E-state index in [0.717, 1.165) is 21.3 Å². The monoisotopic (exact) mass is 500 g/mol. The second-order valence-corrected chi connectivity index (χ2v) is 9.58. The van der Waals surface area contributed by atoms with Gasteiger partial charge in [0.15, 0.2) is 5.13 Å². The van der Waals surface area contributed by atoms with Gasteiger partial charge in [-0.25, -0.2) is 4.98 Å². The molecule has 1 saturated heterocycles. The fraction of sp³-hybridized carbons (Fsp3) is 0.179. The van der Waals surface area contributed by atoms with E-state index in [1.165, 1.54) is 30.5 Å². The highest BCUT2D eigenvalue weighted by Gasteiger charge is 2.49. The van der Waals surface area contributed by atoms with Gasteiger partial charge in [-0.1, -0.05) is 47.7 Å². The van der Waals surface area contributed by atoms with E-state index in [9.17, 15) is 14.7 Å². The number of hydrogen-bond acceptors (Lipinski definition) is 7. The minimum absolute atomic E-state index is 0.0371. The van der Waals surface area contributed by atoms with Gasteiger partial charge in [0.05, 0.1) is 30.0 Å². The van der Waals surface area contributed by atoms with Crippen LogP contribution in [0, 0.1) is 13.8 Å². The van der Waals surface area contributed by atoms with Crippen LogP contribution >= 0.6 is 11.3 Å². The molecule has 36 heavy (non-hydrogen) atoms.